The number of ether oxygens (including phenoxy) is 4. The van der Waals surface area contributed by atoms with Crippen LogP contribution in [-0.2, 0) is 6.61 Å². The van der Waals surface area contributed by atoms with Crippen LogP contribution in [0.25, 0.3) is 12.2 Å². The molecule has 0 aromatic heterocycles. The number of rotatable bonds is 8. The van der Waals surface area contributed by atoms with E-state index in [-0.39, 0.29) is 0 Å². The van der Waals surface area contributed by atoms with Crippen molar-refractivity contribution >= 4 is 12.2 Å². The van der Waals surface area contributed by atoms with Gasteiger partial charge in [0.25, 0.3) is 0 Å². The summed E-state index contributed by atoms with van der Waals surface area (Å²) in [7, 11) is 4.91. The Kier molecular flexibility index (Phi) is 6.58. The Hall–Kier alpha value is -3.40. The predicted octanol–water partition coefficient (Wildman–Crippen LogP) is 5.46. The monoisotopic (exact) mass is 376 g/mol. The van der Waals surface area contributed by atoms with E-state index in [9.17, 15) is 0 Å². The van der Waals surface area contributed by atoms with Crippen LogP contribution in [0.15, 0.2) is 66.7 Å². The van der Waals surface area contributed by atoms with E-state index in [0.29, 0.717) is 23.9 Å². The SMILES string of the molecule is COc1ccc(/C=C/c2cc(OC)c(OCc3ccccc3)c(OC)c2)cc1. The zero-order valence-corrected chi connectivity index (χ0v) is 16.3. The van der Waals surface area contributed by atoms with Crippen LogP contribution in [0, 0.1) is 0 Å². The lowest BCUT2D eigenvalue weighted by atomic mass is 10.1. The molecule has 28 heavy (non-hydrogen) atoms. The third-order valence-corrected chi connectivity index (χ3v) is 4.29. The van der Waals surface area contributed by atoms with E-state index in [1.807, 2.05) is 78.9 Å². The van der Waals surface area contributed by atoms with Crippen LogP contribution in [0.4, 0.5) is 0 Å². The summed E-state index contributed by atoms with van der Waals surface area (Å²) >= 11 is 0. The maximum absolute atomic E-state index is 5.99. The molecule has 0 unspecified atom stereocenters. The van der Waals surface area contributed by atoms with Crippen LogP contribution < -0.4 is 18.9 Å². The van der Waals surface area contributed by atoms with E-state index in [0.717, 1.165) is 22.4 Å². The highest BCUT2D eigenvalue weighted by atomic mass is 16.5. The second kappa shape index (κ2) is 9.51. The Bertz CT molecular complexity index is 890. The molecule has 0 bridgehead atoms. The summed E-state index contributed by atoms with van der Waals surface area (Å²) in [6.07, 6.45) is 4.03. The minimum atomic E-state index is 0.439. The van der Waals surface area contributed by atoms with E-state index < -0.39 is 0 Å². The first-order valence-electron chi connectivity index (χ1n) is 8.98. The fraction of sp³-hybridized carbons (Fsp3) is 0.167. The molecule has 3 aromatic carbocycles. The normalized spacial score (nSPS) is 10.7. The van der Waals surface area contributed by atoms with Crippen LogP contribution in [0.2, 0.25) is 0 Å². The van der Waals surface area contributed by atoms with Crippen LogP contribution in [0.1, 0.15) is 16.7 Å². The molecule has 0 aliphatic carbocycles. The van der Waals surface area contributed by atoms with Crippen molar-refractivity contribution in [3.05, 3.63) is 83.4 Å². The minimum Gasteiger partial charge on any atom is -0.497 e. The molecule has 4 nitrogen and oxygen atoms in total. The number of methoxy groups -OCH3 is 3. The molecule has 0 radical (unpaired) electrons. The van der Waals surface area contributed by atoms with Gasteiger partial charge < -0.3 is 18.9 Å². The molecule has 144 valence electrons. The van der Waals surface area contributed by atoms with Gasteiger partial charge in [-0.15, -0.1) is 0 Å². The predicted molar refractivity (Wildman–Crippen MR) is 112 cm³/mol. The summed E-state index contributed by atoms with van der Waals surface area (Å²) < 4.78 is 22.3. The van der Waals surface area contributed by atoms with Gasteiger partial charge in [-0.25, -0.2) is 0 Å². The lowest BCUT2D eigenvalue weighted by molar-refractivity contribution is 0.266. The Balaban J connectivity index is 1.82. The highest BCUT2D eigenvalue weighted by Crippen LogP contribution is 2.39. The Morgan fingerprint density at radius 3 is 1.86 bits per heavy atom. The number of benzene rings is 3. The molecule has 3 aromatic rings. The molecule has 0 spiro atoms. The average molecular weight is 376 g/mol. The van der Waals surface area contributed by atoms with Crippen LogP contribution in [0.3, 0.4) is 0 Å². The van der Waals surface area contributed by atoms with Crippen LogP contribution >= 0.6 is 0 Å². The maximum atomic E-state index is 5.99. The zero-order chi connectivity index (χ0) is 19.8. The van der Waals surface area contributed by atoms with Gasteiger partial charge in [-0.1, -0.05) is 54.6 Å². The first kappa shape index (κ1) is 19.4. The standard InChI is InChI=1S/C24H24O4/c1-25-21-13-11-18(12-14-21)9-10-20-15-22(26-2)24(23(16-20)27-3)28-17-19-7-5-4-6-8-19/h4-16H,17H2,1-3H3/b10-9+. The minimum absolute atomic E-state index is 0.439. The van der Waals surface area contributed by atoms with E-state index >= 15 is 0 Å². The molecule has 0 N–H and O–H groups in total. The van der Waals surface area contributed by atoms with Gasteiger partial charge >= 0.3 is 0 Å². The second-order valence-electron chi connectivity index (χ2n) is 6.14. The molecule has 0 saturated heterocycles. The van der Waals surface area contributed by atoms with Gasteiger partial charge in [-0.2, -0.15) is 0 Å². The van der Waals surface area contributed by atoms with Crippen molar-refractivity contribution in [2.45, 2.75) is 6.61 Å². The molecule has 3 rings (SSSR count). The van der Waals surface area contributed by atoms with E-state index in [1.54, 1.807) is 21.3 Å². The van der Waals surface area contributed by atoms with Crippen molar-refractivity contribution in [2.75, 3.05) is 21.3 Å². The summed E-state index contributed by atoms with van der Waals surface area (Å²) in [6, 6.07) is 21.7. The number of hydrogen-bond acceptors (Lipinski definition) is 4. The summed E-state index contributed by atoms with van der Waals surface area (Å²) in [5, 5.41) is 0. The van der Waals surface area contributed by atoms with Crippen molar-refractivity contribution in [1.82, 2.24) is 0 Å². The summed E-state index contributed by atoms with van der Waals surface area (Å²) in [6.45, 7) is 0.439. The first-order chi connectivity index (χ1) is 13.7. The van der Waals surface area contributed by atoms with Crippen LogP contribution in [0.5, 0.6) is 23.0 Å². The maximum Gasteiger partial charge on any atom is 0.203 e. The lowest BCUT2D eigenvalue weighted by Gasteiger charge is -2.15. The molecule has 0 atom stereocenters. The average Bonchev–Trinajstić information content (AvgIpc) is 2.77. The van der Waals surface area contributed by atoms with E-state index in [2.05, 4.69) is 0 Å². The molecule has 0 saturated carbocycles. The van der Waals surface area contributed by atoms with Gasteiger partial charge in [0.05, 0.1) is 21.3 Å². The highest BCUT2D eigenvalue weighted by molar-refractivity contribution is 5.73. The van der Waals surface area contributed by atoms with Gasteiger partial charge in [0, 0.05) is 0 Å². The summed E-state index contributed by atoms with van der Waals surface area (Å²) in [4.78, 5) is 0. The largest absolute Gasteiger partial charge is 0.497 e. The van der Waals surface area contributed by atoms with Crippen molar-refractivity contribution < 1.29 is 18.9 Å². The summed E-state index contributed by atoms with van der Waals surface area (Å²) in [5.41, 5.74) is 3.11. The smallest absolute Gasteiger partial charge is 0.203 e. The van der Waals surface area contributed by atoms with Gasteiger partial charge in [0.1, 0.15) is 12.4 Å². The molecule has 0 aliphatic heterocycles. The third-order valence-electron chi connectivity index (χ3n) is 4.29. The van der Waals surface area contributed by atoms with E-state index in [4.69, 9.17) is 18.9 Å². The molecule has 4 heteroatoms. The fourth-order valence-corrected chi connectivity index (χ4v) is 2.78. The Morgan fingerprint density at radius 2 is 1.29 bits per heavy atom. The second-order valence-corrected chi connectivity index (χ2v) is 6.14. The van der Waals surface area contributed by atoms with Crippen molar-refractivity contribution in [2.24, 2.45) is 0 Å². The third kappa shape index (κ3) is 4.86. The van der Waals surface area contributed by atoms with Crippen LogP contribution in [-0.4, -0.2) is 21.3 Å². The van der Waals surface area contributed by atoms with E-state index in [1.165, 1.54) is 0 Å². The molecular weight excluding hydrogens is 352 g/mol. The quantitative estimate of drug-likeness (QED) is 0.489. The Labute approximate surface area is 165 Å². The summed E-state index contributed by atoms with van der Waals surface area (Å²) in [5.74, 6) is 2.69. The molecule has 0 aliphatic rings. The molecular formula is C24H24O4. The van der Waals surface area contributed by atoms with Gasteiger partial charge in [0.2, 0.25) is 5.75 Å². The zero-order valence-electron chi connectivity index (χ0n) is 16.3. The molecule has 0 heterocycles. The van der Waals surface area contributed by atoms with Crippen molar-refractivity contribution in [1.29, 1.82) is 0 Å². The number of hydrogen-bond donors (Lipinski definition) is 0. The topological polar surface area (TPSA) is 36.9 Å². The molecule has 0 amide bonds. The molecule has 0 fully saturated rings. The first-order valence-corrected chi connectivity index (χ1v) is 8.98. The fourth-order valence-electron chi connectivity index (χ4n) is 2.78. The van der Waals surface area contributed by atoms with Crippen molar-refractivity contribution in [3.8, 4) is 23.0 Å². The van der Waals surface area contributed by atoms with Gasteiger partial charge in [-0.05, 0) is 41.0 Å². The highest BCUT2D eigenvalue weighted by Gasteiger charge is 2.13. The lowest BCUT2D eigenvalue weighted by Crippen LogP contribution is -2.00. The Morgan fingerprint density at radius 1 is 0.679 bits per heavy atom. The van der Waals surface area contributed by atoms with Crippen molar-refractivity contribution in [3.63, 3.8) is 0 Å². The van der Waals surface area contributed by atoms with Gasteiger partial charge in [-0.3, -0.25) is 0 Å². The van der Waals surface area contributed by atoms with Gasteiger partial charge in [0.15, 0.2) is 11.5 Å².